The molecule has 1 aliphatic carbocycles. The van der Waals surface area contributed by atoms with Crippen molar-refractivity contribution in [3.8, 4) is 0 Å². The molecule has 8 nitrogen and oxygen atoms in total. The lowest BCUT2D eigenvalue weighted by Gasteiger charge is -2.20. The zero-order chi connectivity index (χ0) is 14.8. The molecule has 1 heterocycles. The van der Waals surface area contributed by atoms with Crippen molar-refractivity contribution in [1.29, 1.82) is 0 Å². The number of nitrogens with zero attached hydrogens (tertiary/aromatic N) is 3. The fraction of sp³-hybridized carbons (Fsp3) is 0.462. The number of nitrogens with one attached hydrogen (secondary N) is 1. The molecular formula is C13H14N4O4. The number of nitro benzene ring substituents is 1. The molecule has 1 amide bonds. The molecule has 0 spiro atoms. The number of amides is 1. The van der Waals surface area contributed by atoms with Crippen molar-refractivity contribution in [3.05, 3.63) is 22.2 Å². The number of non-ortho nitro benzene ring substituents is 1. The van der Waals surface area contributed by atoms with E-state index in [4.69, 9.17) is 0 Å². The van der Waals surface area contributed by atoms with E-state index in [0.717, 1.165) is 25.7 Å². The molecule has 3 rings (SSSR count). The first-order valence-electron chi connectivity index (χ1n) is 6.87. The Balaban J connectivity index is 1.87. The van der Waals surface area contributed by atoms with E-state index in [0.29, 0.717) is 5.69 Å². The van der Waals surface area contributed by atoms with E-state index in [1.165, 1.54) is 18.6 Å². The number of benzene rings is 1. The maximum absolute atomic E-state index is 12.2. The maximum atomic E-state index is 12.2. The van der Waals surface area contributed by atoms with Crippen LogP contribution in [0.3, 0.4) is 0 Å². The van der Waals surface area contributed by atoms with Gasteiger partial charge in [-0.05, 0) is 29.2 Å². The topological polar surface area (TPSA) is 111 Å². The van der Waals surface area contributed by atoms with Crippen molar-refractivity contribution in [2.75, 3.05) is 5.32 Å². The number of rotatable bonds is 3. The lowest BCUT2D eigenvalue weighted by molar-refractivity contribution is -0.383. The molecule has 0 saturated heterocycles. The van der Waals surface area contributed by atoms with Crippen LogP contribution in [0.5, 0.6) is 0 Å². The molecule has 1 saturated carbocycles. The van der Waals surface area contributed by atoms with E-state index in [9.17, 15) is 14.9 Å². The van der Waals surface area contributed by atoms with Gasteiger partial charge in [-0.25, -0.2) is 4.63 Å². The summed E-state index contributed by atoms with van der Waals surface area (Å²) in [6.45, 7) is 0. The minimum Gasteiger partial charge on any atom is -0.324 e. The van der Waals surface area contributed by atoms with Gasteiger partial charge in [0.2, 0.25) is 11.4 Å². The Morgan fingerprint density at radius 1 is 1.24 bits per heavy atom. The minimum absolute atomic E-state index is 0.0103. The van der Waals surface area contributed by atoms with Crippen LogP contribution in [-0.4, -0.2) is 21.1 Å². The van der Waals surface area contributed by atoms with Crippen molar-refractivity contribution in [1.82, 2.24) is 10.3 Å². The van der Waals surface area contributed by atoms with E-state index in [1.807, 2.05) is 0 Å². The number of nitro groups is 1. The maximum Gasteiger partial charge on any atom is 0.300 e. The largest absolute Gasteiger partial charge is 0.324 e. The fourth-order valence-electron chi connectivity index (χ4n) is 2.70. The second-order valence-corrected chi connectivity index (χ2v) is 5.17. The highest BCUT2D eigenvalue weighted by Crippen LogP contribution is 2.30. The van der Waals surface area contributed by atoms with Crippen LogP contribution in [0.15, 0.2) is 16.8 Å². The lowest BCUT2D eigenvalue weighted by atomic mass is 9.88. The Labute approximate surface area is 119 Å². The van der Waals surface area contributed by atoms with Gasteiger partial charge in [0.1, 0.15) is 0 Å². The monoisotopic (exact) mass is 290 g/mol. The zero-order valence-corrected chi connectivity index (χ0v) is 11.2. The summed E-state index contributed by atoms with van der Waals surface area (Å²) in [7, 11) is 0. The average molecular weight is 290 g/mol. The number of hydrogen-bond acceptors (Lipinski definition) is 6. The van der Waals surface area contributed by atoms with Gasteiger partial charge in [0.25, 0.3) is 0 Å². The molecule has 1 aromatic heterocycles. The van der Waals surface area contributed by atoms with Crippen molar-refractivity contribution in [2.24, 2.45) is 5.92 Å². The summed E-state index contributed by atoms with van der Waals surface area (Å²) in [5.74, 6) is -0.0864. The summed E-state index contributed by atoms with van der Waals surface area (Å²) in [6, 6.07) is 2.76. The molecule has 0 aliphatic heterocycles. The van der Waals surface area contributed by atoms with Gasteiger partial charge in [-0.1, -0.05) is 19.3 Å². The van der Waals surface area contributed by atoms with Crippen LogP contribution >= 0.6 is 0 Å². The van der Waals surface area contributed by atoms with Crippen molar-refractivity contribution >= 4 is 28.3 Å². The summed E-state index contributed by atoms with van der Waals surface area (Å²) in [4.78, 5) is 22.6. The van der Waals surface area contributed by atoms with Crippen LogP contribution in [0, 0.1) is 16.0 Å². The third-order valence-electron chi connectivity index (χ3n) is 3.82. The molecule has 110 valence electrons. The molecule has 1 aromatic carbocycles. The molecule has 1 fully saturated rings. The first kappa shape index (κ1) is 13.5. The van der Waals surface area contributed by atoms with Crippen LogP contribution in [0.25, 0.3) is 11.0 Å². The number of hydrogen-bond donors (Lipinski definition) is 1. The Hall–Kier alpha value is -2.51. The molecule has 1 N–H and O–H groups in total. The predicted molar refractivity (Wildman–Crippen MR) is 73.7 cm³/mol. The van der Waals surface area contributed by atoms with Gasteiger partial charge < -0.3 is 5.32 Å². The summed E-state index contributed by atoms with van der Waals surface area (Å²) >= 11 is 0. The van der Waals surface area contributed by atoms with Crippen molar-refractivity contribution in [3.63, 3.8) is 0 Å². The van der Waals surface area contributed by atoms with Gasteiger partial charge in [-0.3, -0.25) is 14.9 Å². The highest BCUT2D eigenvalue weighted by atomic mass is 16.6. The van der Waals surface area contributed by atoms with Crippen LogP contribution in [0.2, 0.25) is 0 Å². The molecule has 0 bridgehead atoms. The molecular weight excluding hydrogens is 276 g/mol. The number of carbonyl (C=O) groups is 1. The predicted octanol–water partition coefficient (Wildman–Crippen LogP) is 2.65. The summed E-state index contributed by atoms with van der Waals surface area (Å²) in [5, 5.41) is 20.9. The molecule has 0 atom stereocenters. The van der Waals surface area contributed by atoms with Crippen molar-refractivity contribution < 1.29 is 14.3 Å². The van der Waals surface area contributed by atoms with Crippen LogP contribution in [0.1, 0.15) is 32.1 Å². The van der Waals surface area contributed by atoms with Crippen LogP contribution < -0.4 is 5.32 Å². The molecule has 0 radical (unpaired) electrons. The first-order valence-corrected chi connectivity index (χ1v) is 6.87. The van der Waals surface area contributed by atoms with Gasteiger partial charge in [0.05, 0.1) is 10.6 Å². The Morgan fingerprint density at radius 2 is 1.95 bits per heavy atom. The summed E-state index contributed by atoms with van der Waals surface area (Å²) < 4.78 is 4.57. The van der Waals surface area contributed by atoms with E-state index in [-0.39, 0.29) is 28.5 Å². The van der Waals surface area contributed by atoms with E-state index in [2.05, 4.69) is 20.3 Å². The van der Waals surface area contributed by atoms with Gasteiger partial charge in [0, 0.05) is 12.0 Å². The first-order chi connectivity index (χ1) is 10.2. The van der Waals surface area contributed by atoms with E-state index < -0.39 is 4.92 Å². The highest BCUT2D eigenvalue weighted by Gasteiger charge is 2.24. The average Bonchev–Trinajstić information content (AvgIpc) is 2.98. The third kappa shape index (κ3) is 2.56. The zero-order valence-electron chi connectivity index (χ0n) is 11.2. The molecule has 2 aromatic rings. The van der Waals surface area contributed by atoms with Gasteiger partial charge in [-0.2, -0.15) is 0 Å². The van der Waals surface area contributed by atoms with Gasteiger partial charge in [-0.15, -0.1) is 0 Å². The number of carbonyl (C=O) groups excluding carboxylic acids is 1. The smallest absolute Gasteiger partial charge is 0.300 e. The Bertz CT molecular complexity index is 691. The van der Waals surface area contributed by atoms with Gasteiger partial charge in [0.15, 0.2) is 5.52 Å². The number of aromatic nitrogens is 2. The SMILES string of the molecule is O=C(Nc1ccc([N+](=O)[O-])c2nonc12)C1CCCCC1. The van der Waals surface area contributed by atoms with Crippen LogP contribution in [0.4, 0.5) is 11.4 Å². The standard InChI is InChI=1S/C13H14N4O4/c18-13(8-4-2-1-3-5-8)14-9-6-7-10(17(19)20)12-11(9)15-21-16-12/h6-8H,1-5H2,(H,14,18). The normalized spacial score (nSPS) is 16.0. The van der Waals surface area contributed by atoms with Crippen LogP contribution in [-0.2, 0) is 4.79 Å². The van der Waals surface area contributed by atoms with E-state index >= 15 is 0 Å². The minimum atomic E-state index is -0.556. The third-order valence-corrected chi connectivity index (χ3v) is 3.82. The molecule has 21 heavy (non-hydrogen) atoms. The lowest BCUT2D eigenvalue weighted by Crippen LogP contribution is -2.24. The quantitative estimate of drug-likeness (QED) is 0.687. The van der Waals surface area contributed by atoms with E-state index in [1.54, 1.807) is 0 Å². The number of anilines is 1. The fourth-order valence-corrected chi connectivity index (χ4v) is 2.70. The molecule has 8 heteroatoms. The Kier molecular flexibility index (Phi) is 3.51. The Morgan fingerprint density at radius 3 is 2.67 bits per heavy atom. The summed E-state index contributed by atoms with van der Waals surface area (Å²) in [6.07, 6.45) is 5.02. The summed E-state index contributed by atoms with van der Waals surface area (Å²) in [5.41, 5.74) is 0.448. The second kappa shape index (κ2) is 5.47. The molecule has 0 unspecified atom stereocenters. The highest BCUT2D eigenvalue weighted by molar-refractivity contribution is 6.02. The van der Waals surface area contributed by atoms with Gasteiger partial charge >= 0.3 is 5.69 Å². The van der Waals surface area contributed by atoms with Crippen molar-refractivity contribution in [2.45, 2.75) is 32.1 Å². The number of fused-ring (bicyclic) bond motifs is 1. The second-order valence-electron chi connectivity index (χ2n) is 5.17. The molecule has 1 aliphatic rings.